The minimum absolute atomic E-state index is 0.0632. The summed E-state index contributed by atoms with van der Waals surface area (Å²) in [4.78, 5) is 21.3. The molecule has 8 nitrogen and oxygen atoms in total. The molecule has 1 fully saturated rings. The van der Waals surface area contributed by atoms with Gasteiger partial charge >= 0.3 is 0 Å². The summed E-state index contributed by atoms with van der Waals surface area (Å²) in [6, 6.07) is 6.92. The molecule has 4 rings (SSSR count). The number of benzene rings is 1. The molecule has 0 saturated carbocycles. The highest BCUT2D eigenvalue weighted by Crippen LogP contribution is 2.24. The molecular weight excluding hydrogens is 342 g/mol. The molecule has 3 heterocycles. The van der Waals surface area contributed by atoms with Gasteiger partial charge in [-0.2, -0.15) is 5.10 Å². The number of hydrogen-bond donors (Lipinski definition) is 0. The number of fused-ring (bicyclic) bond motifs is 1. The third-order valence-electron chi connectivity index (χ3n) is 4.41. The van der Waals surface area contributed by atoms with Crippen molar-refractivity contribution in [3.05, 3.63) is 52.6 Å². The van der Waals surface area contributed by atoms with Crippen LogP contribution in [-0.2, 0) is 16.4 Å². The van der Waals surface area contributed by atoms with Crippen LogP contribution in [0.25, 0.3) is 10.9 Å². The number of para-hydroxylation sites is 1. The van der Waals surface area contributed by atoms with E-state index in [1.165, 1.54) is 10.9 Å². The van der Waals surface area contributed by atoms with Crippen LogP contribution in [0.3, 0.4) is 0 Å². The first-order valence-electron chi connectivity index (χ1n) is 7.99. The van der Waals surface area contributed by atoms with Crippen LogP contribution < -0.4 is 5.56 Å². The zero-order chi connectivity index (χ0) is 17.6. The average molecular weight is 359 g/mol. The van der Waals surface area contributed by atoms with Crippen LogP contribution in [0.2, 0.25) is 0 Å². The minimum atomic E-state index is -3.03. The molecule has 0 spiro atoms. The summed E-state index contributed by atoms with van der Waals surface area (Å²) in [5.41, 5.74) is 0.486. The van der Waals surface area contributed by atoms with E-state index >= 15 is 0 Å². The molecule has 25 heavy (non-hydrogen) atoms. The first-order chi connectivity index (χ1) is 11.9. The Hall–Kier alpha value is -2.55. The van der Waals surface area contributed by atoms with Crippen LogP contribution >= 0.6 is 0 Å². The summed E-state index contributed by atoms with van der Waals surface area (Å²) in [5, 5.41) is 4.89. The van der Waals surface area contributed by atoms with Crippen molar-refractivity contribution in [1.82, 2.24) is 24.3 Å². The highest BCUT2D eigenvalue weighted by molar-refractivity contribution is 7.91. The monoisotopic (exact) mass is 359 g/mol. The standard InChI is InChI=1S/C16H17N5O3S/c1-11-18-15(21(19-11)12-6-7-25(23,24)9-12)8-20-10-17-14-5-3-2-4-13(14)16(20)22/h2-5,10,12H,6-9H2,1H3. The molecule has 0 bridgehead atoms. The average Bonchev–Trinajstić information content (AvgIpc) is 3.12. The lowest BCUT2D eigenvalue weighted by atomic mass is 10.2. The highest BCUT2D eigenvalue weighted by atomic mass is 32.2. The molecule has 1 saturated heterocycles. The summed E-state index contributed by atoms with van der Waals surface area (Å²) in [7, 11) is -3.03. The van der Waals surface area contributed by atoms with Crippen molar-refractivity contribution in [3.8, 4) is 0 Å². The molecule has 130 valence electrons. The van der Waals surface area contributed by atoms with Gasteiger partial charge in [-0.05, 0) is 25.5 Å². The Labute approximate surface area is 144 Å². The zero-order valence-electron chi connectivity index (χ0n) is 13.7. The Morgan fingerprint density at radius 1 is 1.28 bits per heavy atom. The van der Waals surface area contributed by atoms with E-state index in [9.17, 15) is 13.2 Å². The van der Waals surface area contributed by atoms with Crippen molar-refractivity contribution in [3.63, 3.8) is 0 Å². The summed E-state index contributed by atoms with van der Waals surface area (Å²) < 4.78 is 26.7. The topological polar surface area (TPSA) is 99.7 Å². The maximum atomic E-state index is 12.6. The quantitative estimate of drug-likeness (QED) is 0.683. The van der Waals surface area contributed by atoms with Gasteiger partial charge in [0.1, 0.15) is 11.6 Å². The molecule has 2 aromatic heterocycles. The van der Waals surface area contributed by atoms with E-state index < -0.39 is 9.84 Å². The van der Waals surface area contributed by atoms with Crippen molar-refractivity contribution in [1.29, 1.82) is 0 Å². The van der Waals surface area contributed by atoms with Gasteiger partial charge in [-0.25, -0.2) is 23.1 Å². The number of aryl methyl sites for hydroxylation is 1. The molecule has 0 radical (unpaired) electrons. The lowest BCUT2D eigenvalue weighted by Gasteiger charge is -2.12. The van der Waals surface area contributed by atoms with E-state index in [-0.39, 0.29) is 29.7 Å². The fourth-order valence-corrected chi connectivity index (χ4v) is 4.91. The summed E-state index contributed by atoms with van der Waals surface area (Å²) >= 11 is 0. The highest BCUT2D eigenvalue weighted by Gasteiger charge is 2.31. The fraction of sp³-hybridized carbons (Fsp3) is 0.375. The van der Waals surface area contributed by atoms with Crippen molar-refractivity contribution in [2.75, 3.05) is 11.5 Å². The van der Waals surface area contributed by atoms with Crippen molar-refractivity contribution in [2.45, 2.75) is 25.9 Å². The van der Waals surface area contributed by atoms with Crippen molar-refractivity contribution >= 4 is 20.7 Å². The Balaban J connectivity index is 1.73. The molecule has 1 aliphatic rings. The van der Waals surface area contributed by atoms with Gasteiger partial charge < -0.3 is 0 Å². The van der Waals surface area contributed by atoms with E-state index in [1.807, 2.05) is 6.07 Å². The lowest BCUT2D eigenvalue weighted by molar-refractivity contribution is 0.466. The van der Waals surface area contributed by atoms with Gasteiger partial charge in [0.2, 0.25) is 0 Å². The summed E-state index contributed by atoms with van der Waals surface area (Å²) in [6.45, 7) is 1.96. The molecule has 1 aliphatic heterocycles. The van der Waals surface area contributed by atoms with E-state index in [2.05, 4.69) is 15.1 Å². The lowest BCUT2D eigenvalue weighted by Crippen LogP contribution is -2.24. The van der Waals surface area contributed by atoms with Crippen molar-refractivity contribution < 1.29 is 8.42 Å². The predicted octanol–water partition coefficient (Wildman–Crippen LogP) is 0.704. The maximum absolute atomic E-state index is 12.6. The first-order valence-corrected chi connectivity index (χ1v) is 9.82. The number of nitrogens with zero attached hydrogens (tertiary/aromatic N) is 5. The van der Waals surface area contributed by atoms with Crippen LogP contribution in [0.1, 0.15) is 24.1 Å². The van der Waals surface area contributed by atoms with E-state index in [1.54, 1.807) is 29.8 Å². The molecule has 1 atom stereocenters. The van der Waals surface area contributed by atoms with Gasteiger partial charge in [-0.3, -0.25) is 9.36 Å². The smallest absolute Gasteiger partial charge is 0.261 e. The van der Waals surface area contributed by atoms with Gasteiger partial charge in [0.05, 0.1) is 41.3 Å². The third kappa shape index (κ3) is 2.95. The number of sulfone groups is 1. The third-order valence-corrected chi connectivity index (χ3v) is 6.16. The largest absolute Gasteiger partial charge is 0.291 e. The summed E-state index contributed by atoms with van der Waals surface area (Å²) in [6.07, 6.45) is 2.01. The predicted molar refractivity (Wildman–Crippen MR) is 92.2 cm³/mol. The molecule has 1 unspecified atom stereocenters. The number of aromatic nitrogens is 5. The van der Waals surface area contributed by atoms with Crippen LogP contribution in [0.5, 0.6) is 0 Å². The fourth-order valence-electron chi connectivity index (χ4n) is 3.21. The molecule has 0 aliphatic carbocycles. The Bertz CT molecular complexity index is 1120. The van der Waals surface area contributed by atoms with Crippen LogP contribution in [-0.4, -0.2) is 44.2 Å². The number of hydrogen-bond acceptors (Lipinski definition) is 6. The second-order valence-electron chi connectivity index (χ2n) is 6.27. The maximum Gasteiger partial charge on any atom is 0.261 e. The van der Waals surface area contributed by atoms with E-state index in [0.29, 0.717) is 29.0 Å². The van der Waals surface area contributed by atoms with Gasteiger partial charge in [-0.1, -0.05) is 12.1 Å². The minimum Gasteiger partial charge on any atom is -0.291 e. The molecule has 3 aromatic rings. The molecule has 0 N–H and O–H groups in total. The Morgan fingerprint density at radius 2 is 2.08 bits per heavy atom. The molecule has 1 aromatic carbocycles. The molecule has 9 heteroatoms. The van der Waals surface area contributed by atoms with E-state index in [4.69, 9.17) is 0 Å². The normalized spacial score (nSPS) is 19.5. The van der Waals surface area contributed by atoms with Crippen LogP contribution in [0, 0.1) is 6.92 Å². The van der Waals surface area contributed by atoms with Gasteiger partial charge in [-0.15, -0.1) is 0 Å². The van der Waals surface area contributed by atoms with E-state index in [0.717, 1.165) is 0 Å². The van der Waals surface area contributed by atoms with Gasteiger partial charge in [0.25, 0.3) is 5.56 Å². The zero-order valence-corrected chi connectivity index (χ0v) is 14.5. The van der Waals surface area contributed by atoms with Gasteiger partial charge in [0.15, 0.2) is 9.84 Å². The van der Waals surface area contributed by atoms with Crippen LogP contribution in [0.15, 0.2) is 35.4 Å². The van der Waals surface area contributed by atoms with Crippen LogP contribution in [0.4, 0.5) is 0 Å². The Morgan fingerprint density at radius 3 is 2.84 bits per heavy atom. The van der Waals surface area contributed by atoms with Crippen molar-refractivity contribution in [2.24, 2.45) is 0 Å². The molecule has 0 amide bonds. The van der Waals surface area contributed by atoms with Gasteiger partial charge in [0, 0.05) is 0 Å². The second-order valence-corrected chi connectivity index (χ2v) is 8.50. The molecular formula is C16H17N5O3S. The second kappa shape index (κ2) is 5.76. The first kappa shape index (κ1) is 15.9. The Kier molecular flexibility index (Phi) is 3.68. The number of rotatable bonds is 3. The summed E-state index contributed by atoms with van der Waals surface area (Å²) in [5.74, 6) is 1.35. The SMILES string of the molecule is Cc1nc(Cn2cnc3ccccc3c2=O)n(C2CCS(=O)(=O)C2)n1.